The summed E-state index contributed by atoms with van der Waals surface area (Å²) in [5.74, 6) is -0.117. The van der Waals surface area contributed by atoms with Crippen LogP contribution in [0.1, 0.15) is 24.3 Å². The highest BCUT2D eigenvalue weighted by molar-refractivity contribution is 9.10. The van der Waals surface area contributed by atoms with Crippen molar-refractivity contribution in [1.29, 1.82) is 0 Å². The van der Waals surface area contributed by atoms with Gasteiger partial charge in [0.1, 0.15) is 5.69 Å². The Morgan fingerprint density at radius 2 is 2.20 bits per heavy atom. The van der Waals surface area contributed by atoms with E-state index in [1.165, 1.54) is 0 Å². The molecule has 1 amide bonds. The van der Waals surface area contributed by atoms with Crippen molar-refractivity contribution in [3.05, 3.63) is 16.4 Å². The molecule has 2 N–H and O–H groups in total. The number of aromatic amines is 1. The maximum atomic E-state index is 12.0. The van der Waals surface area contributed by atoms with E-state index < -0.39 is 0 Å². The van der Waals surface area contributed by atoms with E-state index in [1.807, 2.05) is 0 Å². The van der Waals surface area contributed by atoms with Crippen LogP contribution in [0.25, 0.3) is 0 Å². The van der Waals surface area contributed by atoms with Crippen molar-refractivity contribution in [3.8, 4) is 0 Å². The maximum Gasteiger partial charge on any atom is 0.270 e. The molecule has 2 heterocycles. The first-order chi connectivity index (χ1) is 9.61. The quantitative estimate of drug-likeness (QED) is 0.834. The van der Waals surface area contributed by atoms with Crippen LogP contribution in [0.4, 0.5) is 0 Å². The Kier molecular flexibility index (Phi) is 5.56. The van der Waals surface area contributed by atoms with Gasteiger partial charge in [-0.1, -0.05) is 6.92 Å². The molecule has 1 atom stereocenters. The van der Waals surface area contributed by atoms with Gasteiger partial charge in [-0.15, -0.1) is 0 Å². The minimum absolute atomic E-state index is 0.117. The molecule has 0 saturated carbocycles. The van der Waals surface area contributed by atoms with Crippen LogP contribution >= 0.6 is 15.9 Å². The van der Waals surface area contributed by atoms with E-state index in [0.29, 0.717) is 22.8 Å². The fourth-order valence-electron chi connectivity index (χ4n) is 2.41. The van der Waals surface area contributed by atoms with Gasteiger partial charge in [-0.2, -0.15) is 5.10 Å². The molecule has 1 aliphatic rings. The Bertz CT molecular complexity index is 442. The molecule has 1 aromatic rings. The highest BCUT2D eigenvalue weighted by Crippen LogP contribution is 2.12. The number of H-pyrrole nitrogens is 1. The lowest BCUT2D eigenvalue weighted by Gasteiger charge is -2.37. The van der Waals surface area contributed by atoms with Crippen molar-refractivity contribution >= 4 is 21.8 Å². The molecule has 7 heteroatoms. The maximum absolute atomic E-state index is 12.0. The summed E-state index contributed by atoms with van der Waals surface area (Å²) < 4.78 is 0.694. The van der Waals surface area contributed by atoms with Gasteiger partial charge < -0.3 is 10.2 Å². The molecular weight excluding hydrogens is 322 g/mol. The number of nitrogens with one attached hydrogen (secondary N) is 2. The zero-order chi connectivity index (χ0) is 14.5. The third kappa shape index (κ3) is 3.80. The summed E-state index contributed by atoms with van der Waals surface area (Å²) in [6.07, 6.45) is 1.59. The van der Waals surface area contributed by atoms with Gasteiger partial charge >= 0.3 is 0 Å². The van der Waals surface area contributed by atoms with Crippen LogP contribution in [0, 0.1) is 0 Å². The van der Waals surface area contributed by atoms with E-state index in [9.17, 15) is 4.79 Å². The molecular formula is C13H22BrN5O. The number of hydrogen-bond donors (Lipinski definition) is 2. The smallest absolute Gasteiger partial charge is 0.270 e. The van der Waals surface area contributed by atoms with E-state index in [2.05, 4.69) is 55.1 Å². The minimum Gasteiger partial charge on any atom is -0.349 e. The number of likely N-dealkylation sites (N-methyl/N-ethyl adjacent to an activating group) is 1. The van der Waals surface area contributed by atoms with E-state index in [-0.39, 0.29) is 5.91 Å². The topological polar surface area (TPSA) is 64.3 Å². The van der Waals surface area contributed by atoms with Gasteiger partial charge in [-0.3, -0.25) is 14.8 Å². The molecule has 20 heavy (non-hydrogen) atoms. The molecule has 112 valence electrons. The average molecular weight is 344 g/mol. The molecule has 1 fully saturated rings. The van der Waals surface area contributed by atoms with Gasteiger partial charge in [0.15, 0.2) is 0 Å². The van der Waals surface area contributed by atoms with Crippen LogP contribution in [0.2, 0.25) is 0 Å². The van der Waals surface area contributed by atoms with Gasteiger partial charge in [-0.05, 0) is 29.4 Å². The highest BCUT2D eigenvalue weighted by Gasteiger charge is 2.21. The normalized spacial score (nSPS) is 18.9. The standard InChI is InChI=1S/C13H22BrN5O/c1-3-18-4-6-19(7-5-18)10(2)8-15-13(20)12-11(14)9-16-17-12/h9-10H,3-8H2,1-2H3,(H,15,20)(H,16,17)/t10-/m0/s1. The van der Waals surface area contributed by atoms with Crippen molar-refractivity contribution in [2.24, 2.45) is 0 Å². The molecule has 6 nitrogen and oxygen atoms in total. The summed E-state index contributed by atoms with van der Waals surface area (Å²) in [7, 11) is 0. The number of aromatic nitrogens is 2. The summed E-state index contributed by atoms with van der Waals surface area (Å²) in [5.41, 5.74) is 0.480. The van der Waals surface area contributed by atoms with Crippen LogP contribution in [-0.2, 0) is 0 Å². The Morgan fingerprint density at radius 1 is 1.50 bits per heavy atom. The minimum atomic E-state index is -0.117. The third-order valence-corrected chi connectivity index (χ3v) is 4.46. The monoisotopic (exact) mass is 343 g/mol. The van der Waals surface area contributed by atoms with Crippen LogP contribution in [0.3, 0.4) is 0 Å². The van der Waals surface area contributed by atoms with E-state index in [4.69, 9.17) is 0 Å². The Labute approximate surface area is 128 Å². The van der Waals surface area contributed by atoms with Gasteiger partial charge in [0.05, 0.1) is 10.7 Å². The van der Waals surface area contributed by atoms with Gasteiger partial charge in [0.2, 0.25) is 0 Å². The second-order valence-electron chi connectivity index (χ2n) is 5.12. The number of nitrogens with zero attached hydrogens (tertiary/aromatic N) is 3. The number of hydrogen-bond acceptors (Lipinski definition) is 4. The SMILES string of the molecule is CCN1CCN([C@@H](C)CNC(=O)c2[nH]ncc2Br)CC1. The molecule has 2 rings (SSSR count). The molecule has 1 aliphatic heterocycles. The molecule has 0 radical (unpaired) electrons. The number of carbonyl (C=O) groups is 1. The Balaban J connectivity index is 1.77. The van der Waals surface area contributed by atoms with E-state index in [1.54, 1.807) is 6.20 Å². The third-order valence-electron chi connectivity index (χ3n) is 3.86. The van der Waals surface area contributed by atoms with Crippen molar-refractivity contribution in [1.82, 2.24) is 25.3 Å². The number of amides is 1. The fourth-order valence-corrected chi connectivity index (χ4v) is 2.78. The van der Waals surface area contributed by atoms with Crippen molar-refractivity contribution in [2.75, 3.05) is 39.3 Å². The summed E-state index contributed by atoms with van der Waals surface area (Å²) in [6, 6.07) is 0.347. The second-order valence-corrected chi connectivity index (χ2v) is 5.98. The molecule has 0 aliphatic carbocycles. The number of carbonyl (C=O) groups excluding carboxylic acids is 1. The van der Waals surface area contributed by atoms with E-state index >= 15 is 0 Å². The van der Waals surface area contributed by atoms with Crippen LogP contribution in [-0.4, -0.2) is 71.2 Å². The fraction of sp³-hybridized carbons (Fsp3) is 0.692. The van der Waals surface area contributed by atoms with E-state index in [0.717, 1.165) is 32.7 Å². The van der Waals surface area contributed by atoms with Gasteiger partial charge in [0.25, 0.3) is 5.91 Å². The highest BCUT2D eigenvalue weighted by atomic mass is 79.9. The zero-order valence-electron chi connectivity index (χ0n) is 12.0. The molecule has 1 saturated heterocycles. The lowest BCUT2D eigenvalue weighted by molar-refractivity contribution is 0.0878. The molecule has 0 aromatic carbocycles. The van der Waals surface area contributed by atoms with Crippen LogP contribution < -0.4 is 5.32 Å². The molecule has 0 bridgehead atoms. The predicted molar refractivity (Wildman–Crippen MR) is 81.8 cm³/mol. The van der Waals surface area contributed by atoms with Crippen molar-refractivity contribution < 1.29 is 4.79 Å². The zero-order valence-corrected chi connectivity index (χ0v) is 13.6. The molecule has 0 unspecified atom stereocenters. The first-order valence-corrected chi connectivity index (χ1v) is 7.84. The summed E-state index contributed by atoms with van der Waals surface area (Å²) in [5, 5.41) is 9.47. The first-order valence-electron chi connectivity index (χ1n) is 7.05. The second kappa shape index (κ2) is 7.19. The number of piperazine rings is 1. The average Bonchev–Trinajstić information content (AvgIpc) is 2.90. The summed E-state index contributed by atoms with van der Waals surface area (Å²) >= 11 is 3.29. The Hall–Kier alpha value is -0.920. The van der Waals surface area contributed by atoms with Crippen molar-refractivity contribution in [3.63, 3.8) is 0 Å². The largest absolute Gasteiger partial charge is 0.349 e. The van der Waals surface area contributed by atoms with Crippen LogP contribution in [0.15, 0.2) is 10.7 Å². The molecule has 0 spiro atoms. The van der Waals surface area contributed by atoms with Gasteiger partial charge in [-0.25, -0.2) is 0 Å². The lowest BCUT2D eigenvalue weighted by atomic mass is 10.2. The van der Waals surface area contributed by atoms with Crippen LogP contribution in [0.5, 0.6) is 0 Å². The molecule has 1 aromatic heterocycles. The number of rotatable bonds is 5. The number of halogens is 1. The Morgan fingerprint density at radius 3 is 2.75 bits per heavy atom. The predicted octanol–water partition coefficient (Wildman–Crippen LogP) is 0.928. The van der Waals surface area contributed by atoms with Crippen molar-refractivity contribution in [2.45, 2.75) is 19.9 Å². The van der Waals surface area contributed by atoms with Gasteiger partial charge in [0, 0.05) is 38.8 Å². The first kappa shape index (κ1) is 15.5. The summed E-state index contributed by atoms with van der Waals surface area (Å²) in [4.78, 5) is 16.8. The summed E-state index contributed by atoms with van der Waals surface area (Å²) in [6.45, 7) is 10.5. The lowest BCUT2D eigenvalue weighted by Crippen LogP contribution is -2.52.